The van der Waals surface area contributed by atoms with E-state index < -0.39 is 11.8 Å². The van der Waals surface area contributed by atoms with Crippen LogP contribution in [0.4, 0.5) is 5.69 Å². The lowest BCUT2D eigenvalue weighted by Crippen LogP contribution is -2.54. The first-order chi connectivity index (χ1) is 14.0. The lowest BCUT2D eigenvalue weighted by atomic mass is 10.1. The molecule has 2 heterocycles. The average Bonchev–Trinajstić information content (AvgIpc) is 3.09. The Labute approximate surface area is 169 Å². The average molecular weight is 389 g/mol. The topological polar surface area (TPSA) is 66.7 Å². The summed E-state index contributed by atoms with van der Waals surface area (Å²) < 4.78 is 5.78. The van der Waals surface area contributed by atoms with Crippen LogP contribution < -0.4 is 4.90 Å². The zero-order valence-electron chi connectivity index (χ0n) is 16.8. The monoisotopic (exact) mass is 389 g/mol. The quantitative estimate of drug-likeness (QED) is 0.639. The van der Waals surface area contributed by atoms with E-state index in [-0.39, 0.29) is 6.54 Å². The Kier molecular flexibility index (Phi) is 4.92. The van der Waals surface area contributed by atoms with Gasteiger partial charge in [-0.05, 0) is 50.1 Å². The molecule has 0 saturated carbocycles. The normalized spacial score (nSPS) is 14.6. The van der Waals surface area contributed by atoms with Crippen molar-refractivity contribution in [1.29, 1.82) is 0 Å². The molecule has 2 aromatic carbocycles. The highest BCUT2D eigenvalue weighted by Gasteiger charge is 2.34. The van der Waals surface area contributed by atoms with Crippen molar-refractivity contribution >= 4 is 17.5 Å². The van der Waals surface area contributed by atoms with Gasteiger partial charge in [-0.2, -0.15) is 0 Å². The van der Waals surface area contributed by atoms with Gasteiger partial charge in [0.25, 0.3) is 0 Å². The van der Waals surface area contributed by atoms with Crippen molar-refractivity contribution in [2.45, 2.75) is 27.3 Å². The van der Waals surface area contributed by atoms with E-state index in [0.717, 1.165) is 22.4 Å². The predicted molar refractivity (Wildman–Crippen MR) is 110 cm³/mol. The molecule has 1 aromatic heterocycles. The highest BCUT2D eigenvalue weighted by Crippen LogP contribution is 2.26. The molecular formula is C23H23N3O3. The fourth-order valence-corrected chi connectivity index (χ4v) is 3.54. The molecule has 1 saturated heterocycles. The summed E-state index contributed by atoms with van der Waals surface area (Å²) in [6.45, 7) is 6.96. The highest BCUT2D eigenvalue weighted by atomic mass is 16.4. The summed E-state index contributed by atoms with van der Waals surface area (Å²) in [5, 5.41) is 0. The molecule has 0 aliphatic carbocycles. The maximum Gasteiger partial charge on any atom is 0.316 e. The van der Waals surface area contributed by atoms with E-state index in [1.165, 1.54) is 0 Å². The summed E-state index contributed by atoms with van der Waals surface area (Å²) in [6, 6.07) is 15.4. The number of aryl methyl sites for hydroxylation is 2. The minimum Gasteiger partial charge on any atom is -0.441 e. The molecule has 0 unspecified atom stereocenters. The maximum atomic E-state index is 12.8. The number of oxazole rings is 1. The number of rotatable bonds is 4. The lowest BCUT2D eigenvalue weighted by molar-refractivity contribution is -0.146. The summed E-state index contributed by atoms with van der Waals surface area (Å²) in [7, 11) is 0. The second-order valence-electron chi connectivity index (χ2n) is 7.29. The van der Waals surface area contributed by atoms with Gasteiger partial charge < -0.3 is 14.2 Å². The number of anilines is 1. The number of carbonyl (C=O) groups excluding carboxylic acids is 2. The van der Waals surface area contributed by atoms with Crippen LogP contribution in [0.3, 0.4) is 0 Å². The molecule has 0 N–H and O–H groups in total. The molecule has 0 spiro atoms. The molecule has 0 bridgehead atoms. The summed E-state index contributed by atoms with van der Waals surface area (Å²) in [4.78, 5) is 33.2. The molecule has 0 radical (unpaired) electrons. The minimum absolute atomic E-state index is 0.257. The van der Waals surface area contributed by atoms with E-state index >= 15 is 0 Å². The Morgan fingerprint density at radius 3 is 2.45 bits per heavy atom. The molecule has 1 aliphatic rings. The number of hydrogen-bond acceptors (Lipinski definition) is 4. The molecule has 4 rings (SSSR count). The van der Waals surface area contributed by atoms with Crippen LogP contribution in [0.25, 0.3) is 11.5 Å². The van der Waals surface area contributed by atoms with Gasteiger partial charge in [-0.25, -0.2) is 4.98 Å². The Morgan fingerprint density at radius 2 is 1.69 bits per heavy atom. The molecule has 6 nitrogen and oxygen atoms in total. The number of aromatic nitrogens is 1. The molecule has 29 heavy (non-hydrogen) atoms. The smallest absolute Gasteiger partial charge is 0.316 e. The van der Waals surface area contributed by atoms with Crippen molar-refractivity contribution in [3.63, 3.8) is 0 Å². The Bertz CT molecular complexity index is 1070. The number of hydrogen-bond donors (Lipinski definition) is 0. The molecular weight excluding hydrogens is 366 g/mol. The van der Waals surface area contributed by atoms with Crippen molar-refractivity contribution in [1.82, 2.24) is 9.88 Å². The van der Waals surface area contributed by atoms with Crippen LogP contribution >= 0.6 is 0 Å². The number of benzene rings is 2. The largest absolute Gasteiger partial charge is 0.441 e. The molecule has 0 atom stereocenters. The van der Waals surface area contributed by atoms with Gasteiger partial charge in [0, 0.05) is 24.3 Å². The number of nitrogens with zero attached hydrogens (tertiary/aromatic N) is 3. The fraction of sp³-hybridized carbons (Fsp3) is 0.261. The summed E-state index contributed by atoms with van der Waals surface area (Å²) in [6.07, 6.45) is 0. The predicted octanol–water partition coefficient (Wildman–Crippen LogP) is 3.64. The Hall–Kier alpha value is -3.41. The first-order valence-corrected chi connectivity index (χ1v) is 9.64. The molecule has 3 aromatic rings. The summed E-state index contributed by atoms with van der Waals surface area (Å²) >= 11 is 0. The van der Waals surface area contributed by atoms with E-state index in [1.807, 2.05) is 69.3 Å². The molecule has 1 aliphatic heterocycles. The second kappa shape index (κ2) is 7.54. The van der Waals surface area contributed by atoms with E-state index in [1.54, 1.807) is 9.80 Å². The first kappa shape index (κ1) is 18.9. The Morgan fingerprint density at radius 1 is 0.931 bits per heavy atom. The van der Waals surface area contributed by atoms with Gasteiger partial charge in [0.2, 0.25) is 5.89 Å². The van der Waals surface area contributed by atoms with Crippen LogP contribution in [-0.4, -0.2) is 34.8 Å². The fourth-order valence-electron chi connectivity index (χ4n) is 3.54. The third-order valence-corrected chi connectivity index (χ3v) is 5.43. The van der Waals surface area contributed by atoms with E-state index in [4.69, 9.17) is 4.42 Å². The van der Waals surface area contributed by atoms with Crippen molar-refractivity contribution in [3.8, 4) is 11.5 Å². The van der Waals surface area contributed by atoms with Gasteiger partial charge in [-0.3, -0.25) is 9.59 Å². The van der Waals surface area contributed by atoms with Gasteiger partial charge in [0.05, 0.1) is 6.54 Å². The van der Waals surface area contributed by atoms with E-state index in [9.17, 15) is 9.59 Å². The third kappa shape index (κ3) is 3.53. The van der Waals surface area contributed by atoms with Crippen molar-refractivity contribution in [2.24, 2.45) is 0 Å². The van der Waals surface area contributed by atoms with Crippen LogP contribution in [0.15, 0.2) is 52.9 Å². The molecule has 2 amide bonds. The zero-order chi connectivity index (χ0) is 20.5. The minimum atomic E-state index is -0.513. The molecule has 148 valence electrons. The summed E-state index contributed by atoms with van der Waals surface area (Å²) in [5.41, 5.74) is 4.46. The van der Waals surface area contributed by atoms with Crippen molar-refractivity contribution < 1.29 is 14.0 Å². The number of piperazine rings is 1. The standard InChI is InChI=1S/C23H23N3O3/c1-15-8-7-11-20(16(15)2)26-13-12-25(22(27)23(26)28)14-19-17(3)29-21(24-19)18-9-5-4-6-10-18/h4-11H,12-14H2,1-3H3. The SMILES string of the molecule is Cc1cccc(N2CCN(Cc3nc(-c4ccccc4)oc3C)C(=O)C2=O)c1C. The van der Waals surface area contributed by atoms with Crippen LogP contribution in [0.2, 0.25) is 0 Å². The van der Waals surface area contributed by atoms with Gasteiger partial charge >= 0.3 is 11.8 Å². The molecule has 1 fully saturated rings. The van der Waals surface area contributed by atoms with Crippen LogP contribution in [-0.2, 0) is 16.1 Å². The highest BCUT2D eigenvalue weighted by molar-refractivity contribution is 6.41. The third-order valence-electron chi connectivity index (χ3n) is 5.43. The Balaban J connectivity index is 1.52. The van der Waals surface area contributed by atoms with Gasteiger partial charge in [-0.1, -0.05) is 30.3 Å². The lowest BCUT2D eigenvalue weighted by Gasteiger charge is -2.34. The van der Waals surface area contributed by atoms with Crippen LogP contribution in [0.1, 0.15) is 22.6 Å². The van der Waals surface area contributed by atoms with Crippen LogP contribution in [0, 0.1) is 20.8 Å². The van der Waals surface area contributed by atoms with Gasteiger partial charge in [0.15, 0.2) is 0 Å². The maximum absolute atomic E-state index is 12.8. The number of carbonyl (C=O) groups is 2. The van der Waals surface area contributed by atoms with Crippen LogP contribution in [0.5, 0.6) is 0 Å². The first-order valence-electron chi connectivity index (χ1n) is 9.64. The van der Waals surface area contributed by atoms with Crippen molar-refractivity contribution in [2.75, 3.05) is 18.0 Å². The summed E-state index contributed by atoms with van der Waals surface area (Å²) in [5.74, 6) is 0.155. The van der Waals surface area contributed by atoms with Gasteiger partial charge in [0.1, 0.15) is 11.5 Å². The molecule has 6 heteroatoms. The second-order valence-corrected chi connectivity index (χ2v) is 7.29. The van der Waals surface area contributed by atoms with E-state index in [0.29, 0.717) is 30.4 Å². The van der Waals surface area contributed by atoms with E-state index in [2.05, 4.69) is 4.98 Å². The van der Waals surface area contributed by atoms with Crippen molar-refractivity contribution in [3.05, 3.63) is 71.1 Å². The zero-order valence-corrected chi connectivity index (χ0v) is 16.8. The van der Waals surface area contributed by atoms with Gasteiger partial charge in [-0.15, -0.1) is 0 Å². The number of amides is 2.